The first kappa shape index (κ1) is 34.2. The van der Waals surface area contributed by atoms with E-state index in [0.717, 1.165) is 37.0 Å². The minimum Gasteiger partial charge on any atom is -0.395 e. The first-order valence-corrected chi connectivity index (χ1v) is 16.4. The molecule has 40 heavy (non-hydrogen) atoms. The number of benzene rings is 1. The molecule has 0 aliphatic rings. The van der Waals surface area contributed by atoms with E-state index in [1.807, 2.05) is 29.2 Å². The van der Waals surface area contributed by atoms with Gasteiger partial charge in [0.2, 0.25) is 0 Å². The van der Waals surface area contributed by atoms with Gasteiger partial charge in [-0.15, -0.1) is 0 Å². The predicted molar refractivity (Wildman–Crippen MR) is 167 cm³/mol. The van der Waals surface area contributed by atoms with Gasteiger partial charge >= 0.3 is 0 Å². The van der Waals surface area contributed by atoms with Gasteiger partial charge in [-0.3, -0.25) is 9.69 Å². The monoisotopic (exact) mass is 558 g/mol. The number of hydrogen-bond acceptors (Lipinski definition) is 5. The van der Waals surface area contributed by atoms with E-state index < -0.39 is 0 Å². The Kier molecular flexibility index (Phi) is 19.4. The second-order valence-corrected chi connectivity index (χ2v) is 11.3. The van der Waals surface area contributed by atoms with Crippen LogP contribution in [-0.4, -0.2) is 70.0 Å². The fourth-order valence-electron chi connectivity index (χ4n) is 5.50. The van der Waals surface area contributed by atoms with Crippen LogP contribution in [0.25, 0.3) is 11.0 Å². The Labute approximate surface area is 243 Å². The SMILES string of the molecule is CCCCCCCCCCCCCCCCCCn1c(C(=O)NCCCN(CCO)CCO)nc2ccccc21. The molecule has 3 N–H and O–H groups in total. The number of amides is 1. The number of nitrogens with zero attached hydrogens (tertiary/aromatic N) is 3. The lowest BCUT2D eigenvalue weighted by atomic mass is 10.0. The highest BCUT2D eigenvalue weighted by Gasteiger charge is 2.17. The van der Waals surface area contributed by atoms with Crippen LogP contribution in [0.5, 0.6) is 0 Å². The van der Waals surface area contributed by atoms with Gasteiger partial charge in [0.05, 0.1) is 24.2 Å². The van der Waals surface area contributed by atoms with Crippen LogP contribution >= 0.6 is 0 Å². The quantitative estimate of drug-likeness (QED) is 0.112. The molecule has 0 atom stereocenters. The van der Waals surface area contributed by atoms with Crippen molar-refractivity contribution < 1.29 is 15.0 Å². The van der Waals surface area contributed by atoms with Crippen molar-refractivity contribution in [2.75, 3.05) is 39.4 Å². The Morgan fingerprint density at radius 2 is 1.27 bits per heavy atom. The van der Waals surface area contributed by atoms with Crippen molar-refractivity contribution in [2.45, 2.75) is 123 Å². The zero-order chi connectivity index (χ0) is 28.7. The smallest absolute Gasteiger partial charge is 0.287 e. The molecule has 2 rings (SSSR count). The molecule has 0 fully saturated rings. The molecule has 0 unspecified atom stereocenters. The molecule has 0 radical (unpaired) electrons. The number of aliphatic hydroxyl groups is 2. The van der Waals surface area contributed by atoms with E-state index in [1.54, 1.807) is 0 Å². The summed E-state index contributed by atoms with van der Waals surface area (Å²) in [5.41, 5.74) is 1.88. The fraction of sp³-hybridized carbons (Fsp3) is 0.758. The highest BCUT2D eigenvalue weighted by molar-refractivity contribution is 5.94. The van der Waals surface area contributed by atoms with Gasteiger partial charge < -0.3 is 20.1 Å². The third kappa shape index (κ3) is 14.1. The molecule has 0 spiro atoms. The maximum atomic E-state index is 13.0. The standard InChI is InChI=1S/C33H58N4O3/c1-2-3-4-5-6-7-8-9-10-11-12-13-14-15-16-19-25-37-31-22-18-17-21-30(31)35-32(37)33(40)34-23-20-24-36(26-28-38)27-29-39/h17-18,21-22,38-39H,2-16,19-20,23-29H2,1H3,(H,34,40). The number of fused-ring (bicyclic) bond motifs is 1. The number of imidazole rings is 1. The number of aromatic nitrogens is 2. The third-order valence-electron chi connectivity index (χ3n) is 7.86. The van der Waals surface area contributed by atoms with Crippen molar-refractivity contribution in [2.24, 2.45) is 0 Å². The summed E-state index contributed by atoms with van der Waals surface area (Å²) in [4.78, 5) is 19.7. The van der Waals surface area contributed by atoms with Crippen molar-refractivity contribution in [3.05, 3.63) is 30.1 Å². The number of nitrogens with one attached hydrogen (secondary N) is 1. The zero-order valence-electron chi connectivity index (χ0n) is 25.4. The van der Waals surface area contributed by atoms with Gasteiger partial charge in [0.1, 0.15) is 0 Å². The van der Waals surface area contributed by atoms with Crippen molar-refractivity contribution in [1.29, 1.82) is 0 Å². The Morgan fingerprint density at radius 1 is 0.750 bits per heavy atom. The molecule has 0 aliphatic carbocycles. The van der Waals surface area contributed by atoms with Crippen LogP contribution in [0.1, 0.15) is 127 Å². The normalized spacial score (nSPS) is 11.6. The lowest BCUT2D eigenvalue weighted by Gasteiger charge is -2.19. The van der Waals surface area contributed by atoms with Gasteiger partial charge in [0.15, 0.2) is 5.82 Å². The second kappa shape index (κ2) is 22.7. The average molecular weight is 559 g/mol. The van der Waals surface area contributed by atoms with Crippen molar-refractivity contribution in [3.8, 4) is 0 Å². The Balaban J connectivity index is 1.62. The number of aryl methyl sites for hydroxylation is 1. The molecular weight excluding hydrogens is 500 g/mol. The highest BCUT2D eigenvalue weighted by atomic mass is 16.3. The second-order valence-electron chi connectivity index (χ2n) is 11.3. The maximum Gasteiger partial charge on any atom is 0.287 e. The molecule has 0 bridgehead atoms. The molecule has 0 aliphatic heterocycles. The fourth-order valence-corrected chi connectivity index (χ4v) is 5.50. The molecule has 0 saturated carbocycles. The summed E-state index contributed by atoms with van der Waals surface area (Å²) >= 11 is 0. The number of unbranched alkanes of at least 4 members (excludes halogenated alkanes) is 15. The Morgan fingerprint density at radius 3 is 1.82 bits per heavy atom. The van der Waals surface area contributed by atoms with Gasteiger partial charge in [-0.05, 0) is 31.5 Å². The largest absolute Gasteiger partial charge is 0.395 e. The van der Waals surface area contributed by atoms with E-state index >= 15 is 0 Å². The van der Waals surface area contributed by atoms with Gasteiger partial charge in [0.25, 0.3) is 5.91 Å². The van der Waals surface area contributed by atoms with Gasteiger partial charge in [-0.1, -0.05) is 115 Å². The van der Waals surface area contributed by atoms with Crippen LogP contribution in [0.15, 0.2) is 24.3 Å². The summed E-state index contributed by atoms with van der Waals surface area (Å²) in [7, 11) is 0. The van der Waals surface area contributed by atoms with Crippen LogP contribution < -0.4 is 5.32 Å². The van der Waals surface area contributed by atoms with E-state index in [2.05, 4.69) is 21.8 Å². The number of aliphatic hydroxyl groups excluding tert-OH is 2. The predicted octanol–water partition coefficient (Wildman–Crippen LogP) is 6.70. The molecule has 2 aromatic rings. The average Bonchev–Trinajstić information content (AvgIpc) is 3.34. The summed E-state index contributed by atoms with van der Waals surface area (Å²) < 4.78 is 2.08. The molecule has 0 saturated heterocycles. The molecule has 1 aromatic heterocycles. The van der Waals surface area contributed by atoms with Crippen LogP contribution in [-0.2, 0) is 6.54 Å². The Hall–Kier alpha value is -1.96. The third-order valence-corrected chi connectivity index (χ3v) is 7.86. The summed E-state index contributed by atoms with van der Waals surface area (Å²) in [5.74, 6) is 0.355. The number of para-hydroxylation sites is 2. The Bertz CT molecular complexity index is 895. The van der Waals surface area contributed by atoms with E-state index in [-0.39, 0.29) is 19.1 Å². The first-order valence-electron chi connectivity index (χ1n) is 16.4. The lowest BCUT2D eigenvalue weighted by Crippen LogP contribution is -2.34. The van der Waals surface area contributed by atoms with Crippen LogP contribution in [0, 0.1) is 0 Å². The van der Waals surface area contributed by atoms with Crippen molar-refractivity contribution in [1.82, 2.24) is 19.8 Å². The number of carbonyl (C=O) groups excluding carboxylic acids is 1. The minimum absolute atomic E-state index is 0.0652. The topological polar surface area (TPSA) is 90.6 Å². The van der Waals surface area contributed by atoms with Gasteiger partial charge in [0, 0.05) is 26.2 Å². The van der Waals surface area contributed by atoms with E-state index in [9.17, 15) is 4.79 Å². The molecule has 228 valence electrons. The molecule has 7 heteroatoms. The number of rotatable bonds is 26. The van der Waals surface area contributed by atoms with Crippen LogP contribution in [0.2, 0.25) is 0 Å². The molecule has 1 amide bonds. The summed E-state index contributed by atoms with van der Waals surface area (Å²) in [5, 5.41) is 21.3. The molecular formula is C33H58N4O3. The van der Waals surface area contributed by atoms with Crippen molar-refractivity contribution >= 4 is 16.9 Å². The minimum atomic E-state index is -0.136. The summed E-state index contributed by atoms with van der Waals surface area (Å²) in [6.45, 7) is 5.54. The zero-order valence-corrected chi connectivity index (χ0v) is 25.4. The van der Waals surface area contributed by atoms with Crippen molar-refractivity contribution in [3.63, 3.8) is 0 Å². The van der Waals surface area contributed by atoms with Crippen LogP contribution in [0.3, 0.4) is 0 Å². The molecule has 1 aromatic carbocycles. The van der Waals surface area contributed by atoms with E-state index in [0.29, 0.717) is 25.5 Å². The van der Waals surface area contributed by atoms with Gasteiger partial charge in [-0.2, -0.15) is 0 Å². The lowest BCUT2D eigenvalue weighted by molar-refractivity contribution is 0.0935. The van der Waals surface area contributed by atoms with Crippen LogP contribution in [0.4, 0.5) is 0 Å². The van der Waals surface area contributed by atoms with E-state index in [1.165, 1.54) is 96.3 Å². The summed E-state index contributed by atoms with van der Waals surface area (Å²) in [6, 6.07) is 7.99. The maximum absolute atomic E-state index is 13.0. The van der Waals surface area contributed by atoms with Gasteiger partial charge in [-0.25, -0.2) is 4.98 Å². The summed E-state index contributed by atoms with van der Waals surface area (Å²) in [6.07, 6.45) is 22.3. The number of carbonyl (C=O) groups is 1. The molecule has 1 heterocycles. The first-order chi connectivity index (χ1) is 19.7. The highest BCUT2D eigenvalue weighted by Crippen LogP contribution is 2.18. The van der Waals surface area contributed by atoms with E-state index in [4.69, 9.17) is 10.2 Å². The number of hydrogen-bond donors (Lipinski definition) is 3. The molecule has 7 nitrogen and oxygen atoms in total.